The molecule has 1 aliphatic carbocycles. The molecule has 0 spiro atoms. The number of ether oxygens (including phenoxy) is 2. The summed E-state index contributed by atoms with van der Waals surface area (Å²) in [6.07, 6.45) is 1.47. The lowest BCUT2D eigenvalue weighted by Crippen LogP contribution is -2.34. The Hall–Kier alpha value is -2.95. The van der Waals surface area contributed by atoms with E-state index in [9.17, 15) is 14.4 Å². The van der Waals surface area contributed by atoms with Crippen molar-refractivity contribution in [1.82, 2.24) is 0 Å². The van der Waals surface area contributed by atoms with Crippen LogP contribution in [0.1, 0.15) is 47.5 Å². The minimum atomic E-state index is -0.760. The van der Waals surface area contributed by atoms with Gasteiger partial charge in [0.2, 0.25) is 0 Å². The van der Waals surface area contributed by atoms with Crippen molar-refractivity contribution in [2.45, 2.75) is 31.6 Å². The fraction of sp³-hybridized carbons (Fsp3) is 0.348. The molecule has 0 aliphatic heterocycles. The van der Waals surface area contributed by atoms with Gasteiger partial charge in [0.15, 0.2) is 5.78 Å². The molecule has 5 nitrogen and oxygen atoms in total. The van der Waals surface area contributed by atoms with Crippen molar-refractivity contribution in [3.63, 3.8) is 0 Å². The Bertz CT molecular complexity index is 836. The van der Waals surface area contributed by atoms with Gasteiger partial charge in [0.1, 0.15) is 23.1 Å². The average molecular weight is 380 g/mol. The first-order valence-electron chi connectivity index (χ1n) is 9.40. The Morgan fingerprint density at radius 2 is 1.39 bits per heavy atom. The second kappa shape index (κ2) is 8.83. The van der Waals surface area contributed by atoms with E-state index in [2.05, 4.69) is 0 Å². The molecule has 2 aromatic rings. The zero-order valence-corrected chi connectivity index (χ0v) is 16.1. The van der Waals surface area contributed by atoms with Gasteiger partial charge < -0.3 is 9.47 Å². The Kier molecular flexibility index (Phi) is 6.24. The van der Waals surface area contributed by atoms with Crippen molar-refractivity contribution >= 4 is 17.3 Å². The van der Waals surface area contributed by atoms with Crippen molar-refractivity contribution in [3.8, 4) is 11.5 Å². The molecule has 0 amide bonds. The van der Waals surface area contributed by atoms with Crippen molar-refractivity contribution in [3.05, 3.63) is 59.7 Å². The number of benzene rings is 2. The molecule has 0 N–H and O–H groups in total. The lowest BCUT2D eigenvalue weighted by atomic mass is 9.73. The fourth-order valence-corrected chi connectivity index (χ4v) is 3.75. The van der Waals surface area contributed by atoms with Crippen LogP contribution in [0.4, 0.5) is 0 Å². The van der Waals surface area contributed by atoms with Gasteiger partial charge in [-0.2, -0.15) is 0 Å². The van der Waals surface area contributed by atoms with Crippen molar-refractivity contribution < 1.29 is 23.9 Å². The van der Waals surface area contributed by atoms with E-state index in [-0.39, 0.29) is 23.8 Å². The van der Waals surface area contributed by atoms with Gasteiger partial charge in [-0.05, 0) is 48.4 Å². The highest BCUT2D eigenvalue weighted by Crippen LogP contribution is 2.36. The van der Waals surface area contributed by atoms with Crippen LogP contribution in [0.2, 0.25) is 0 Å². The van der Waals surface area contributed by atoms with Gasteiger partial charge in [-0.3, -0.25) is 14.4 Å². The number of ketones is 3. The van der Waals surface area contributed by atoms with Gasteiger partial charge in [0.25, 0.3) is 0 Å². The van der Waals surface area contributed by atoms with Crippen LogP contribution in [-0.2, 0) is 9.59 Å². The minimum absolute atomic E-state index is 0.0698. The molecule has 0 radical (unpaired) electrons. The SMILES string of the molecule is COc1ccc(C(=O)CC(c2ccc(OC)cc2)C2C(=O)CCCC2=O)cc1. The highest BCUT2D eigenvalue weighted by Gasteiger charge is 2.38. The normalized spacial score (nSPS) is 15.9. The van der Waals surface area contributed by atoms with Crippen LogP contribution in [-0.4, -0.2) is 31.6 Å². The first-order valence-corrected chi connectivity index (χ1v) is 9.40. The molecule has 0 saturated heterocycles. The highest BCUT2D eigenvalue weighted by atomic mass is 16.5. The molecule has 1 unspecified atom stereocenters. The Morgan fingerprint density at radius 3 is 1.89 bits per heavy atom. The van der Waals surface area contributed by atoms with Crippen LogP contribution in [0.25, 0.3) is 0 Å². The van der Waals surface area contributed by atoms with Crippen LogP contribution >= 0.6 is 0 Å². The predicted molar refractivity (Wildman–Crippen MR) is 105 cm³/mol. The molecule has 1 aliphatic rings. The molecule has 0 heterocycles. The third-order valence-corrected chi connectivity index (χ3v) is 5.30. The summed E-state index contributed by atoms with van der Waals surface area (Å²) in [6, 6.07) is 14.1. The number of carbonyl (C=O) groups excluding carboxylic acids is 3. The first kappa shape index (κ1) is 19.8. The number of carbonyl (C=O) groups is 3. The lowest BCUT2D eigenvalue weighted by Gasteiger charge is -2.28. The summed E-state index contributed by atoms with van der Waals surface area (Å²) in [5, 5.41) is 0. The average Bonchev–Trinajstić information content (AvgIpc) is 2.73. The summed E-state index contributed by atoms with van der Waals surface area (Å²) >= 11 is 0. The van der Waals surface area contributed by atoms with Gasteiger partial charge in [-0.25, -0.2) is 0 Å². The summed E-state index contributed by atoms with van der Waals surface area (Å²) in [5.41, 5.74) is 1.34. The third kappa shape index (κ3) is 4.30. The van der Waals surface area contributed by atoms with E-state index in [1.54, 1.807) is 50.6 Å². The molecule has 28 heavy (non-hydrogen) atoms. The van der Waals surface area contributed by atoms with Gasteiger partial charge in [-0.1, -0.05) is 12.1 Å². The fourth-order valence-electron chi connectivity index (χ4n) is 3.75. The predicted octanol–water partition coefficient (Wildman–Crippen LogP) is 4.00. The van der Waals surface area contributed by atoms with Crippen molar-refractivity contribution in [1.29, 1.82) is 0 Å². The van der Waals surface area contributed by atoms with E-state index in [1.807, 2.05) is 12.1 Å². The topological polar surface area (TPSA) is 69.7 Å². The van der Waals surface area contributed by atoms with E-state index in [0.29, 0.717) is 36.3 Å². The third-order valence-electron chi connectivity index (χ3n) is 5.30. The maximum atomic E-state index is 12.9. The second-order valence-electron chi connectivity index (χ2n) is 7.00. The molecular formula is C23H24O5. The van der Waals surface area contributed by atoms with Crippen LogP contribution in [0, 0.1) is 5.92 Å². The van der Waals surface area contributed by atoms with Gasteiger partial charge in [-0.15, -0.1) is 0 Å². The van der Waals surface area contributed by atoms with Crippen LogP contribution in [0.3, 0.4) is 0 Å². The molecule has 1 saturated carbocycles. The molecule has 5 heteroatoms. The molecule has 0 aromatic heterocycles. The van der Waals surface area contributed by atoms with Gasteiger partial charge in [0.05, 0.1) is 20.1 Å². The highest BCUT2D eigenvalue weighted by molar-refractivity contribution is 6.06. The maximum Gasteiger partial charge on any atom is 0.163 e. The Morgan fingerprint density at radius 1 is 0.893 bits per heavy atom. The standard InChI is InChI=1S/C23H24O5/c1-27-17-10-6-15(7-11-17)19(23-20(24)4-3-5-21(23)25)14-22(26)16-8-12-18(28-2)13-9-16/h6-13,19,23H,3-5,14H2,1-2H3. The summed E-state index contributed by atoms with van der Waals surface area (Å²) in [4.78, 5) is 38.1. The van der Waals surface area contributed by atoms with Gasteiger partial charge in [0, 0.05) is 30.7 Å². The van der Waals surface area contributed by atoms with E-state index >= 15 is 0 Å². The number of methoxy groups -OCH3 is 2. The Labute approximate surface area is 164 Å². The summed E-state index contributed by atoms with van der Waals surface area (Å²) < 4.78 is 10.3. The van der Waals surface area contributed by atoms with E-state index in [1.165, 1.54) is 0 Å². The zero-order chi connectivity index (χ0) is 20.1. The summed E-state index contributed by atoms with van der Waals surface area (Å²) in [7, 11) is 3.14. The number of Topliss-reactive ketones (excluding diaryl/α,β-unsaturated/α-hetero) is 3. The lowest BCUT2D eigenvalue weighted by molar-refractivity contribution is -0.136. The van der Waals surface area contributed by atoms with Gasteiger partial charge >= 0.3 is 0 Å². The first-order chi connectivity index (χ1) is 13.5. The second-order valence-corrected chi connectivity index (χ2v) is 7.00. The zero-order valence-electron chi connectivity index (χ0n) is 16.1. The number of hydrogen-bond donors (Lipinski definition) is 0. The van der Waals surface area contributed by atoms with Crippen molar-refractivity contribution in [2.75, 3.05) is 14.2 Å². The molecule has 146 valence electrons. The molecular weight excluding hydrogens is 356 g/mol. The molecule has 1 fully saturated rings. The Balaban J connectivity index is 1.91. The minimum Gasteiger partial charge on any atom is -0.497 e. The van der Waals surface area contributed by atoms with E-state index < -0.39 is 11.8 Å². The summed E-state index contributed by atoms with van der Waals surface area (Å²) in [6.45, 7) is 0. The monoisotopic (exact) mass is 380 g/mol. The van der Waals surface area contributed by atoms with Crippen LogP contribution in [0.5, 0.6) is 11.5 Å². The number of hydrogen-bond acceptors (Lipinski definition) is 5. The van der Waals surface area contributed by atoms with Crippen LogP contribution in [0.15, 0.2) is 48.5 Å². The molecule has 3 rings (SSSR count). The molecule has 1 atom stereocenters. The summed E-state index contributed by atoms with van der Waals surface area (Å²) in [5.74, 6) is -0.120. The van der Waals surface area contributed by atoms with Crippen LogP contribution < -0.4 is 9.47 Å². The molecule has 0 bridgehead atoms. The van der Waals surface area contributed by atoms with E-state index in [4.69, 9.17) is 9.47 Å². The maximum absolute atomic E-state index is 12.9. The quantitative estimate of drug-likeness (QED) is 0.536. The smallest absolute Gasteiger partial charge is 0.163 e. The largest absolute Gasteiger partial charge is 0.497 e. The van der Waals surface area contributed by atoms with Crippen molar-refractivity contribution in [2.24, 2.45) is 5.92 Å². The van der Waals surface area contributed by atoms with E-state index in [0.717, 1.165) is 5.56 Å². The number of rotatable bonds is 7. The molecule has 2 aromatic carbocycles.